The van der Waals surface area contributed by atoms with Crippen LogP contribution in [0.3, 0.4) is 0 Å². The van der Waals surface area contributed by atoms with E-state index in [9.17, 15) is 5.11 Å². The van der Waals surface area contributed by atoms with E-state index >= 15 is 0 Å². The zero-order valence-corrected chi connectivity index (χ0v) is 11.4. The maximum Gasteiger partial charge on any atom is 0.260 e. The van der Waals surface area contributed by atoms with Crippen molar-refractivity contribution in [2.24, 2.45) is 5.92 Å². The molecule has 1 N–H and O–H groups in total. The summed E-state index contributed by atoms with van der Waals surface area (Å²) in [5.41, 5.74) is 2.18. The first kappa shape index (κ1) is 12.8. The number of aliphatic hydroxyl groups is 1. The summed E-state index contributed by atoms with van der Waals surface area (Å²) in [6, 6.07) is 7.65. The predicted molar refractivity (Wildman–Crippen MR) is 74.5 cm³/mol. The van der Waals surface area contributed by atoms with Crippen molar-refractivity contribution >= 4 is 16.7 Å². The lowest BCUT2D eigenvalue weighted by molar-refractivity contribution is 0.263. The van der Waals surface area contributed by atoms with Gasteiger partial charge in [-0.1, -0.05) is 26.0 Å². The number of hydrogen-bond acceptors (Lipinski definition) is 5. The summed E-state index contributed by atoms with van der Waals surface area (Å²) >= 11 is 0. The maximum absolute atomic E-state index is 9.41. The standard InChI is InChI=1S/C14H16N4O2/c1-9(2)8-20-14-13-17-16-12(7-19)18(13)11-6-4-3-5-10(11)15-14/h3-6,9,19H,7-8H2,1-2H3. The molecule has 0 fully saturated rings. The first-order chi connectivity index (χ1) is 9.70. The maximum atomic E-state index is 9.41. The lowest BCUT2D eigenvalue weighted by Crippen LogP contribution is -2.08. The third kappa shape index (κ3) is 2.08. The first-order valence-corrected chi connectivity index (χ1v) is 6.57. The number of rotatable bonds is 4. The average Bonchev–Trinajstić information content (AvgIpc) is 2.89. The van der Waals surface area contributed by atoms with Crippen molar-refractivity contribution in [2.75, 3.05) is 6.61 Å². The van der Waals surface area contributed by atoms with Crippen molar-refractivity contribution in [1.29, 1.82) is 0 Å². The molecule has 3 rings (SSSR count). The molecule has 0 saturated heterocycles. The van der Waals surface area contributed by atoms with E-state index < -0.39 is 0 Å². The number of para-hydroxylation sites is 2. The molecule has 0 amide bonds. The number of aliphatic hydroxyl groups excluding tert-OH is 1. The summed E-state index contributed by atoms with van der Waals surface area (Å²) < 4.78 is 7.52. The van der Waals surface area contributed by atoms with Gasteiger partial charge in [0.1, 0.15) is 6.61 Å². The summed E-state index contributed by atoms with van der Waals surface area (Å²) in [5.74, 6) is 1.32. The van der Waals surface area contributed by atoms with Crippen molar-refractivity contribution in [1.82, 2.24) is 19.6 Å². The van der Waals surface area contributed by atoms with E-state index in [4.69, 9.17) is 4.74 Å². The van der Waals surface area contributed by atoms with Gasteiger partial charge in [-0.3, -0.25) is 4.40 Å². The highest BCUT2D eigenvalue weighted by atomic mass is 16.5. The molecule has 3 aromatic rings. The number of aromatic nitrogens is 4. The quantitative estimate of drug-likeness (QED) is 0.784. The van der Waals surface area contributed by atoms with Crippen molar-refractivity contribution in [2.45, 2.75) is 20.5 Å². The van der Waals surface area contributed by atoms with Gasteiger partial charge >= 0.3 is 0 Å². The SMILES string of the molecule is CC(C)COc1nc2ccccc2n2c(CO)nnc12. The van der Waals surface area contributed by atoms with E-state index in [2.05, 4.69) is 29.0 Å². The summed E-state index contributed by atoms with van der Waals surface area (Å²) in [7, 11) is 0. The largest absolute Gasteiger partial charge is 0.475 e. The third-order valence-corrected chi connectivity index (χ3v) is 2.96. The lowest BCUT2D eigenvalue weighted by atomic mass is 10.2. The molecule has 20 heavy (non-hydrogen) atoms. The Labute approximate surface area is 116 Å². The van der Waals surface area contributed by atoms with Gasteiger partial charge in [-0.25, -0.2) is 4.98 Å². The van der Waals surface area contributed by atoms with Crippen LogP contribution in [0, 0.1) is 5.92 Å². The Morgan fingerprint density at radius 1 is 1.25 bits per heavy atom. The lowest BCUT2D eigenvalue weighted by Gasteiger charge is -2.10. The Balaban J connectivity index is 2.25. The van der Waals surface area contributed by atoms with Gasteiger partial charge in [-0.05, 0) is 18.1 Å². The molecule has 0 saturated carbocycles. The summed E-state index contributed by atoms with van der Waals surface area (Å²) in [6.45, 7) is 4.52. The van der Waals surface area contributed by atoms with Crippen LogP contribution < -0.4 is 4.74 Å². The molecule has 0 aliphatic heterocycles. The Hall–Kier alpha value is -2.21. The molecular formula is C14H16N4O2. The second-order valence-corrected chi connectivity index (χ2v) is 5.04. The molecule has 1 aromatic carbocycles. The number of fused-ring (bicyclic) bond motifs is 3. The highest BCUT2D eigenvalue weighted by molar-refractivity contribution is 5.79. The minimum atomic E-state index is -0.182. The van der Waals surface area contributed by atoms with Gasteiger partial charge in [0.15, 0.2) is 5.82 Å². The third-order valence-electron chi connectivity index (χ3n) is 2.96. The van der Waals surface area contributed by atoms with Crippen LogP contribution in [0.2, 0.25) is 0 Å². The fourth-order valence-electron chi connectivity index (χ4n) is 2.06. The molecule has 0 bridgehead atoms. The molecule has 104 valence electrons. The molecule has 0 unspecified atom stereocenters. The zero-order chi connectivity index (χ0) is 14.1. The van der Waals surface area contributed by atoms with Gasteiger partial charge in [-0.15, -0.1) is 10.2 Å². The van der Waals surface area contributed by atoms with Crippen LogP contribution in [0.15, 0.2) is 24.3 Å². The van der Waals surface area contributed by atoms with Gasteiger partial charge in [0.2, 0.25) is 5.65 Å². The van der Waals surface area contributed by atoms with Gasteiger partial charge in [0, 0.05) is 0 Å². The Morgan fingerprint density at radius 2 is 2.05 bits per heavy atom. The van der Waals surface area contributed by atoms with Crippen LogP contribution >= 0.6 is 0 Å². The number of benzene rings is 1. The fraction of sp³-hybridized carbons (Fsp3) is 0.357. The molecule has 2 heterocycles. The van der Waals surface area contributed by atoms with Crippen LogP contribution in [0.4, 0.5) is 0 Å². The van der Waals surface area contributed by atoms with E-state index in [1.165, 1.54) is 0 Å². The molecule has 0 radical (unpaired) electrons. The van der Waals surface area contributed by atoms with Crippen LogP contribution in [0.25, 0.3) is 16.7 Å². The van der Waals surface area contributed by atoms with Crippen molar-refractivity contribution in [3.63, 3.8) is 0 Å². The van der Waals surface area contributed by atoms with E-state index in [1.54, 1.807) is 4.40 Å². The van der Waals surface area contributed by atoms with E-state index in [0.717, 1.165) is 11.0 Å². The second kappa shape index (κ2) is 5.05. The summed E-state index contributed by atoms with van der Waals surface area (Å²) in [5, 5.41) is 17.5. The van der Waals surface area contributed by atoms with Crippen molar-refractivity contribution < 1.29 is 9.84 Å². The smallest absolute Gasteiger partial charge is 0.260 e. The topological polar surface area (TPSA) is 72.5 Å². The molecule has 0 atom stereocenters. The Kier molecular flexibility index (Phi) is 3.23. The highest BCUT2D eigenvalue weighted by Crippen LogP contribution is 2.23. The van der Waals surface area contributed by atoms with Gasteiger partial charge in [-0.2, -0.15) is 0 Å². The average molecular weight is 272 g/mol. The van der Waals surface area contributed by atoms with E-state index in [-0.39, 0.29) is 6.61 Å². The fourth-order valence-corrected chi connectivity index (χ4v) is 2.06. The van der Waals surface area contributed by atoms with Crippen molar-refractivity contribution in [3.05, 3.63) is 30.1 Å². The summed E-state index contributed by atoms with van der Waals surface area (Å²) in [6.07, 6.45) is 0. The zero-order valence-electron chi connectivity index (χ0n) is 11.4. The first-order valence-electron chi connectivity index (χ1n) is 6.57. The van der Waals surface area contributed by atoms with Crippen LogP contribution in [0.1, 0.15) is 19.7 Å². The van der Waals surface area contributed by atoms with E-state index in [1.807, 2.05) is 24.3 Å². The van der Waals surface area contributed by atoms with Crippen LogP contribution in [-0.2, 0) is 6.61 Å². The monoisotopic (exact) mass is 272 g/mol. The van der Waals surface area contributed by atoms with Gasteiger partial charge < -0.3 is 9.84 Å². The molecule has 6 nitrogen and oxygen atoms in total. The second-order valence-electron chi connectivity index (χ2n) is 5.04. The minimum Gasteiger partial charge on any atom is -0.475 e. The number of ether oxygens (including phenoxy) is 1. The molecule has 0 spiro atoms. The number of hydrogen-bond donors (Lipinski definition) is 1. The summed E-state index contributed by atoms with van der Waals surface area (Å²) in [4.78, 5) is 4.50. The van der Waals surface area contributed by atoms with Gasteiger partial charge in [0.25, 0.3) is 5.88 Å². The normalized spacial score (nSPS) is 11.6. The number of nitrogens with zero attached hydrogens (tertiary/aromatic N) is 4. The van der Waals surface area contributed by atoms with E-state index in [0.29, 0.717) is 29.9 Å². The predicted octanol–water partition coefficient (Wildman–Crippen LogP) is 1.80. The molecule has 0 aliphatic carbocycles. The molecule has 0 aliphatic rings. The van der Waals surface area contributed by atoms with Crippen LogP contribution in [0.5, 0.6) is 5.88 Å². The Morgan fingerprint density at radius 3 is 2.80 bits per heavy atom. The Bertz CT molecular complexity index is 751. The highest BCUT2D eigenvalue weighted by Gasteiger charge is 2.15. The minimum absolute atomic E-state index is 0.182. The molecule has 2 aromatic heterocycles. The molecule has 6 heteroatoms. The van der Waals surface area contributed by atoms with Gasteiger partial charge in [0.05, 0.1) is 17.6 Å². The van der Waals surface area contributed by atoms with Crippen LogP contribution in [-0.4, -0.2) is 31.3 Å². The molecular weight excluding hydrogens is 256 g/mol. The van der Waals surface area contributed by atoms with Crippen molar-refractivity contribution in [3.8, 4) is 5.88 Å².